The van der Waals surface area contributed by atoms with Crippen LogP contribution in [0.2, 0.25) is 0 Å². The fourth-order valence-electron chi connectivity index (χ4n) is 4.47. The number of ketones is 1. The van der Waals surface area contributed by atoms with Crippen LogP contribution in [0.25, 0.3) is 10.8 Å². The van der Waals surface area contributed by atoms with Gasteiger partial charge in [0.15, 0.2) is 0 Å². The van der Waals surface area contributed by atoms with Crippen molar-refractivity contribution >= 4 is 22.2 Å². The molecular formula is C23H17F2NO. The molecule has 0 saturated heterocycles. The number of fused-ring (bicyclic) bond motifs is 4. The molecular weight excluding hydrogens is 344 g/mol. The molecule has 2 nitrogen and oxygen atoms in total. The van der Waals surface area contributed by atoms with E-state index in [4.69, 9.17) is 0 Å². The molecule has 1 aliphatic heterocycles. The molecule has 5 rings (SSSR count). The number of hydrogen-bond acceptors (Lipinski definition) is 2. The Morgan fingerprint density at radius 3 is 2.67 bits per heavy atom. The largest absolute Gasteiger partial charge is 0.358 e. The zero-order chi connectivity index (χ0) is 18.5. The van der Waals surface area contributed by atoms with E-state index in [0.717, 1.165) is 33.8 Å². The zero-order valence-electron chi connectivity index (χ0n) is 14.5. The van der Waals surface area contributed by atoms with Crippen molar-refractivity contribution in [1.82, 2.24) is 0 Å². The van der Waals surface area contributed by atoms with Crippen LogP contribution in [0, 0.1) is 17.6 Å². The quantitative estimate of drug-likeness (QED) is 0.617. The number of nitrogens with one attached hydrogen (secondary N) is 1. The molecule has 1 N–H and O–H groups in total. The number of rotatable bonds is 1. The lowest BCUT2D eigenvalue weighted by Gasteiger charge is -2.38. The smallest absolute Gasteiger partial charge is 0.143 e. The van der Waals surface area contributed by atoms with Gasteiger partial charge in [-0.3, -0.25) is 4.79 Å². The summed E-state index contributed by atoms with van der Waals surface area (Å²) in [5.74, 6) is -2.09. The summed E-state index contributed by atoms with van der Waals surface area (Å²) in [6, 6.07) is 15.5. The molecule has 0 aromatic heterocycles. The maximum Gasteiger partial charge on any atom is 0.143 e. The first-order valence-corrected chi connectivity index (χ1v) is 9.10. The second-order valence-electron chi connectivity index (χ2n) is 7.16. The summed E-state index contributed by atoms with van der Waals surface area (Å²) in [6.45, 7) is 0. The molecule has 0 radical (unpaired) electrons. The van der Waals surface area contributed by atoms with Gasteiger partial charge in [-0.2, -0.15) is 0 Å². The minimum atomic E-state index is -0.617. The van der Waals surface area contributed by atoms with Crippen LogP contribution in [0.4, 0.5) is 14.5 Å². The van der Waals surface area contributed by atoms with Crippen molar-refractivity contribution in [3.05, 3.63) is 89.1 Å². The van der Waals surface area contributed by atoms with Crippen molar-refractivity contribution in [2.45, 2.75) is 18.8 Å². The SMILES string of the molecule is O=C1CCC=C2Nc3ccc4ccccc4c3[C@H](c3ccc(F)cc3F)[C@@H]12. The molecule has 0 bridgehead atoms. The molecule has 0 spiro atoms. The van der Waals surface area contributed by atoms with Crippen molar-refractivity contribution in [1.29, 1.82) is 0 Å². The van der Waals surface area contributed by atoms with E-state index in [1.165, 1.54) is 12.1 Å². The minimum Gasteiger partial charge on any atom is -0.358 e. The number of carbonyl (C=O) groups excluding carboxylic acids is 1. The van der Waals surface area contributed by atoms with Gasteiger partial charge in [0.05, 0.1) is 5.92 Å². The lowest BCUT2D eigenvalue weighted by atomic mass is 9.70. The molecule has 0 amide bonds. The number of hydrogen-bond donors (Lipinski definition) is 1. The fraction of sp³-hybridized carbons (Fsp3) is 0.174. The van der Waals surface area contributed by atoms with Gasteiger partial charge in [0.2, 0.25) is 0 Å². The van der Waals surface area contributed by atoms with Crippen LogP contribution in [0.15, 0.2) is 66.4 Å². The second-order valence-corrected chi connectivity index (χ2v) is 7.16. The third kappa shape index (κ3) is 2.47. The van der Waals surface area contributed by atoms with E-state index in [9.17, 15) is 13.6 Å². The Morgan fingerprint density at radius 2 is 1.81 bits per heavy atom. The van der Waals surface area contributed by atoms with Crippen LogP contribution in [-0.2, 0) is 4.79 Å². The molecule has 1 aliphatic carbocycles. The third-order valence-electron chi connectivity index (χ3n) is 5.63. The van der Waals surface area contributed by atoms with Crippen molar-refractivity contribution in [3.8, 4) is 0 Å². The zero-order valence-corrected chi connectivity index (χ0v) is 14.5. The molecule has 3 aromatic carbocycles. The highest BCUT2D eigenvalue weighted by Gasteiger charge is 2.41. The normalized spacial score (nSPS) is 21.3. The van der Waals surface area contributed by atoms with E-state index >= 15 is 0 Å². The maximum absolute atomic E-state index is 14.8. The molecule has 27 heavy (non-hydrogen) atoms. The van der Waals surface area contributed by atoms with Crippen LogP contribution in [0.5, 0.6) is 0 Å². The van der Waals surface area contributed by atoms with Gasteiger partial charge < -0.3 is 5.32 Å². The molecule has 2 aliphatic rings. The highest BCUT2D eigenvalue weighted by atomic mass is 19.1. The van der Waals surface area contributed by atoms with Gasteiger partial charge in [-0.25, -0.2) is 8.78 Å². The van der Waals surface area contributed by atoms with Gasteiger partial charge in [0, 0.05) is 29.8 Å². The molecule has 0 saturated carbocycles. The van der Waals surface area contributed by atoms with Gasteiger partial charge in [-0.05, 0) is 40.5 Å². The highest BCUT2D eigenvalue weighted by Crippen LogP contribution is 2.49. The molecule has 0 unspecified atom stereocenters. The molecule has 134 valence electrons. The number of anilines is 1. The Hall–Kier alpha value is -3.01. The van der Waals surface area contributed by atoms with Crippen LogP contribution in [0.1, 0.15) is 29.9 Å². The summed E-state index contributed by atoms with van der Waals surface area (Å²) in [4.78, 5) is 12.9. The molecule has 0 fully saturated rings. The van der Waals surface area contributed by atoms with Crippen molar-refractivity contribution in [2.75, 3.05) is 5.32 Å². The number of carbonyl (C=O) groups is 1. The summed E-state index contributed by atoms with van der Waals surface area (Å²) in [5.41, 5.74) is 2.96. The molecule has 3 aromatic rings. The predicted octanol–water partition coefficient (Wildman–Crippen LogP) is 5.54. The fourth-order valence-corrected chi connectivity index (χ4v) is 4.47. The minimum absolute atomic E-state index is 0.0901. The van der Waals surface area contributed by atoms with Crippen LogP contribution in [0.3, 0.4) is 0 Å². The standard InChI is InChI=1S/C23H17F2NO/c24-14-9-10-16(17(25)12-14)22-21-15-5-2-1-4-13(15)8-11-19(21)26-18-6-3-7-20(27)23(18)22/h1-2,4-6,8-12,22-23,26H,3,7H2/t22-,23+/m0/s1. The average molecular weight is 361 g/mol. The molecule has 1 heterocycles. The van der Waals surface area contributed by atoms with E-state index in [1.54, 1.807) is 0 Å². The Labute approximate surface area is 155 Å². The van der Waals surface area contributed by atoms with Crippen LogP contribution >= 0.6 is 0 Å². The topological polar surface area (TPSA) is 29.1 Å². The van der Waals surface area contributed by atoms with Gasteiger partial charge in [-0.15, -0.1) is 0 Å². The van der Waals surface area contributed by atoms with E-state index in [0.29, 0.717) is 18.4 Å². The maximum atomic E-state index is 14.8. The second kappa shape index (κ2) is 6.02. The van der Waals surface area contributed by atoms with Gasteiger partial charge in [0.25, 0.3) is 0 Å². The summed E-state index contributed by atoms with van der Waals surface area (Å²) >= 11 is 0. The number of Topliss-reactive ketones (excluding diaryl/α,β-unsaturated/α-hetero) is 1. The molecule has 4 heteroatoms. The number of allylic oxidation sites excluding steroid dienone is 2. The molecule has 2 atom stereocenters. The van der Waals surface area contributed by atoms with Gasteiger partial charge in [0.1, 0.15) is 17.4 Å². The summed E-state index contributed by atoms with van der Waals surface area (Å²) < 4.78 is 28.4. The van der Waals surface area contributed by atoms with Crippen molar-refractivity contribution in [2.24, 2.45) is 5.92 Å². The van der Waals surface area contributed by atoms with E-state index in [2.05, 4.69) is 5.32 Å². The van der Waals surface area contributed by atoms with E-state index in [1.807, 2.05) is 42.5 Å². The first-order valence-electron chi connectivity index (χ1n) is 9.10. The average Bonchev–Trinajstić information content (AvgIpc) is 2.67. The lowest BCUT2D eigenvalue weighted by molar-refractivity contribution is -0.122. The monoisotopic (exact) mass is 361 g/mol. The van der Waals surface area contributed by atoms with Gasteiger partial charge >= 0.3 is 0 Å². The van der Waals surface area contributed by atoms with Crippen molar-refractivity contribution < 1.29 is 13.6 Å². The van der Waals surface area contributed by atoms with E-state index in [-0.39, 0.29) is 5.78 Å². The number of benzene rings is 3. The summed E-state index contributed by atoms with van der Waals surface area (Å²) in [5, 5.41) is 5.40. The Morgan fingerprint density at radius 1 is 0.963 bits per heavy atom. The third-order valence-corrected chi connectivity index (χ3v) is 5.63. The van der Waals surface area contributed by atoms with Gasteiger partial charge in [-0.1, -0.05) is 42.5 Å². The van der Waals surface area contributed by atoms with Crippen molar-refractivity contribution in [3.63, 3.8) is 0 Å². The highest BCUT2D eigenvalue weighted by molar-refractivity contribution is 5.96. The Kier molecular flexibility index (Phi) is 3.61. The first-order chi connectivity index (χ1) is 13.1. The summed E-state index contributed by atoms with van der Waals surface area (Å²) in [7, 11) is 0. The van der Waals surface area contributed by atoms with Crippen LogP contribution < -0.4 is 5.32 Å². The number of halogens is 2. The van der Waals surface area contributed by atoms with E-state index < -0.39 is 23.5 Å². The first kappa shape index (κ1) is 16.2. The Balaban J connectivity index is 1.85. The Bertz CT molecular complexity index is 1120. The van der Waals surface area contributed by atoms with Crippen LogP contribution in [-0.4, -0.2) is 5.78 Å². The lowest BCUT2D eigenvalue weighted by Crippen LogP contribution is -2.35. The summed E-state index contributed by atoms with van der Waals surface area (Å²) in [6.07, 6.45) is 3.15. The predicted molar refractivity (Wildman–Crippen MR) is 102 cm³/mol.